The van der Waals surface area contributed by atoms with Crippen molar-refractivity contribution in [2.75, 3.05) is 6.54 Å². The van der Waals surface area contributed by atoms with Crippen molar-refractivity contribution in [3.63, 3.8) is 0 Å². The van der Waals surface area contributed by atoms with Crippen molar-refractivity contribution in [3.8, 4) is 11.3 Å². The average molecular weight is 418 g/mol. The molecule has 29 heavy (non-hydrogen) atoms. The Morgan fingerprint density at radius 2 is 2.10 bits per heavy atom. The summed E-state index contributed by atoms with van der Waals surface area (Å²) in [7, 11) is 0. The van der Waals surface area contributed by atoms with Gasteiger partial charge < -0.3 is 13.9 Å². The number of carbonyl (C=O) groups excluding carboxylic acids is 1. The Bertz CT molecular complexity index is 1060. The van der Waals surface area contributed by atoms with Crippen LogP contribution in [-0.2, 0) is 6.42 Å². The molecule has 152 valence electrons. The van der Waals surface area contributed by atoms with E-state index in [0.717, 1.165) is 29.9 Å². The molecule has 6 nitrogen and oxygen atoms in total. The number of hydrogen-bond donors (Lipinski definition) is 0. The molecular formula is C21H21ClFN3O3. The Balaban J connectivity index is 1.78. The van der Waals surface area contributed by atoms with Crippen LogP contribution in [0, 0.1) is 19.7 Å². The first kappa shape index (κ1) is 19.6. The third-order valence-corrected chi connectivity index (χ3v) is 5.74. The molecule has 3 heterocycles. The number of hydrogen-bond acceptors (Lipinski definition) is 5. The predicted molar refractivity (Wildman–Crippen MR) is 105 cm³/mol. The summed E-state index contributed by atoms with van der Waals surface area (Å²) in [6.07, 6.45) is 2.35. The molecule has 0 aliphatic carbocycles. The van der Waals surface area contributed by atoms with Gasteiger partial charge in [-0.25, -0.2) is 4.39 Å². The number of rotatable bonds is 4. The van der Waals surface area contributed by atoms with Gasteiger partial charge in [0.15, 0.2) is 0 Å². The third-order valence-electron chi connectivity index (χ3n) is 5.43. The molecule has 1 aromatic carbocycles. The monoisotopic (exact) mass is 417 g/mol. The summed E-state index contributed by atoms with van der Waals surface area (Å²) in [5.74, 6) is 0.295. The summed E-state index contributed by atoms with van der Waals surface area (Å²) in [5, 5.41) is 8.22. The molecule has 2 aromatic heterocycles. The molecule has 0 radical (unpaired) electrons. The van der Waals surface area contributed by atoms with E-state index in [1.807, 2.05) is 13.8 Å². The maximum atomic E-state index is 14.5. The Hall–Kier alpha value is -2.67. The predicted octanol–water partition coefficient (Wildman–Crippen LogP) is 5.28. The highest BCUT2D eigenvalue weighted by Crippen LogP contribution is 2.40. The van der Waals surface area contributed by atoms with E-state index in [2.05, 4.69) is 10.3 Å². The van der Waals surface area contributed by atoms with Crippen LogP contribution < -0.4 is 0 Å². The van der Waals surface area contributed by atoms with Crippen molar-refractivity contribution in [1.82, 2.24) is 15.2 Å². The summed E-state index contributed by atoms with van der Waals surface area (Å²) < 4.78 is 25.2. The molecule has 1 aliphatic rings. The number of halogens is 2. The Morgan fingerprint density at radius 1 is 1.31 bits per heavy atom. The lowest BCUT2D eigenvalue weighted by molar-refractivity contribution is 0.0733. The molecule has 1 fully saturated rings. The minimum Gasteiger partial charge on any atom is -0.361 e. The number of nitrogens with zero attached hydrogens (tertiary/aromatic N) is 3. The van der Waals surface area contributed by atoms with Crippen molar-refractivity contribution < 1.29 is 18.2 Å². The van der Waals surface area contributed by atoms with Gasteiger partial charge in [-0.1, -0.05) is 34.9 Å². The third kappa shape index (κ3) is 3.23. The van der Waals surface area contributed by atoms with Crippen molar-refractivity contribution >= 4 is 17.5 Å². The second kappa shape index (κ2) is 7.63. The van der Waals surface area contributed by atoms with E-state index in [1.165, 1.54) is 12.1 Å². The Kier molecular flexibility index (Phi) is 5.17. The van der Waals surface area contributed by atoms with E-state index in [0.29, 0.717) is 18.7 Å². The molecule has 0 N–H and O–H groups in total. The summed E-state index contributed by atoms with van der Waals surface area (Å²) >= 11 is 6.21. The van der Waals surface area contributed by atoms with Crippen LogP contribution in [0.2, 0.25) is 5.02 Å². The van der Waals surface area contributed by atoms with E-state index in [1.54, 1.807) is 17.9 Å². The molecule has 0 spiro atoms. The van der Waals surface area contributed by atoms with Crippen LogP contribution in [0.15, 0.2) is 27.2 Å². The molecule has 8 heteroatoms. The maximum absolute atomic E-state index is 14.5. The molecule has 1 aliphatic heterocycles. The van der Waals surface area contributed by atoms with E-state index in [-0.39, 0.29) is 33.8 Å². The number of carbonyl (C=O) groups is 1. The lowest BCUT2D eigenvalue weighted by Gasteiger charge is -2.25. The van der Waals surface area contributed by atoms with Gasteiger partial charge in [0, 0.05) is 18.5 Å². The molecule has 1 atom stereocenters. The minimum atomic E-state index is -0.555. The molecule has 4 rings (SSSR count). The lowest BCUT2D eigenvalue weighted by atomic mass is 9.99. The van der Waals surface area contributed by atoms with Crippen molar-refractivity contribution in [2.45, 2.75) is 46.1 Å². The highest BCUT2D eigenvalue weighted by Gasteiger charge is 2.37. The summed E-state index contributed by atoms with van der Waals surface area (Å²) in [5.41, 5.74) is 2.17. The fraction of sp³-hybridized carbons (Fsp3) is 0.381. The van der Waals surface area contributed by atoms with Gasteiger partial charge in [-0.05, 0) is 38.8 Å². The molecule has 0 saturated carbocycles. The molecule has 1 saturated heterocycles. The van der Waals surface area contributed by atoms with E-state index in [9.17, 15) is 9.18 Å². The van der Waals surface area contributed by atoms with Crippen LogP contribution in [-0.4, -0.2) is 27.7 Å². The van der Waals surface area contributed by atoms with Crippen LogP contribution in [0.3, 0.4) is 0 Å². The van der Waals surface area contributed by atoms with Crippen LogP contribution in [0.4, 0.5) is 4.39 Å². The summed E-state index contributed by atoms with van der Waals surface area (Å²) in [6, 6.07) is 4.20. The molecule has 1 amide bonds. The van der Waals surface area contributed by atoms with Gasteiger partial charge in [0.2, 0.25) is 0 Å². The summed E-state index contributed by atoms with van der Waals surface area (Å²) in [6.45, 7) is 6.10. The number of aryl methyl sites for hydroxylation is 3. The van der Waals surface area contributed by atoms with Crippen molar-refractivity contribution in [1.29, 1.82) is 0 Å². The first-order chi connectivity index (χ1) is 13.9. The number of aromatic nitrogens is 2. The SMILES string of the molecule is CCc1onc(C)c1[C@@H]1CCCN1C(=O)c1c(-c2c(F)cccc2Cl)noc1C. The van der Waals surface area contributed by atoms with E-state index >= 15 is 0 Å². The molecule has 3 aromatic rings. The molecule has 0 bridgehead atoms. The van der Waals surface area contributed by atoms with Crippen LogP contribution in [0.1, 0.15) is 58.9 Å². The second-order valence-electron chi connectivity index (χ2n) is 7.17. The first-order valence-corrected chi connectivity index (χ1v) is 9.98. The highest BCUT2D eigenvalue weighted by molar-refractivity contribution is 6.33. The zero-order valence-electron chi connectivity index (χ0n) is 16.5. The quantitative estimate of drug-likeness (QED) is 0.577. The second-order valence-corrected chi connectivity index (χ2v) is 7.58. The molecular weight excluding hydrogens is 397 g/mol. The van der Waals surface area contributed by atoms with Gasteiger partial charge in [-0.15, -0.1) is 0 Å². The standard InChI is InChI=1S/C21H21ClFN3O3/c1-4-16-17(11(2)24-29-16)15-9-6-10-26(15)21(27)18-12(3)28-25-20(18)19-13(22)7-5-8-14(19)23/h5,7-8,15H,4,6,9-10H2,1-3H3/t15-/m0/s1. The van der Waals surface area contributed by atoms with Gasteiger partial charge in [-0.2, -0.15) is 0 Å². The van der Waals surface area contributed by atoms with E-state index < -0.39 is 5.82 Å². The fourth-order valence-corrected chi connectivity index (χ4v) is 4.33. The van der Waals surface area contributed by atoms with Gasteiger partial charge in [-0.3, -0.25) is 4.79 Å². The van der Waals surface area contributed by atoms with E-state index in [4.69, 9.17) is 20.6 Å². The number of amides is 1. The maximum Gasteiger partial charge on any atom is 0.260 e. The van der Waals surface area contributed by atoms with Crippen LogP contribution >= 0.6 is 11.6 Å². The Labute approximate surface area is 172 Å². The number of likely N-dealkylation sites (tertiary alicyclic amines) is 1. The number of benzene rings is 1. The van der Waals surface area contributed by atoms with Gasteiger partial charge >= 0.3 is 0 Å². The largest absolute Gasteiger partial charge is 0.361 e. The molecule has 0 unspecified atom stereocenters. The van der Waals surface area contributed by atoms with Crippen molar-refractivity contribution in [2.24, 2.45) is 0 Å². The topological polar surface area (TPSA) is 72.4 Å². The highest BCUT2D eigenvalue weighted by atomic mass is 35.5. The first-order valence-electron chi connectivity index (χ1n) is 9.60. The smallest absolute Gasteiger partial charge is 0.260 e. The van der Waals surface area contributed by atoms with Gasteiger partial charge in [0.25, 0.3) is 5.91 Å². The van der Waals surface area contributed by atoms with Crippen LogP contribution in [0.25, 0.3) is 11.3 Å². The Morgan fingerprint density at radius 3 is 2.83 bits per heavy atom. The minimum absolute atomic E-state index is 0.0699. The lowest BCUT2D eigenvalue weighted by Crippen LogP contribution is -2.31. The zero-order valence-corrected chi connectivity index (χ0v) is 17.2. The van der Waals surface area contributed by atoms with Gasteiger partial charge in [0.1, 0.15) is 28.6 Å². The van der Waals surface area contributed by atoms with Crippen LogP contribution in [0.5, 0.6) is 0 Å². The fourth-order valence-electron chi connectivity index (χ4n) is 4.08. The summed E-state index contributed by atoms with van der Waals surface area (Å²) in [4.78, 5) is 15.3. The van der Waals surface area contributed by atoms with Gasteiger partial charge in [0.05, 0.1) is 22.3 Å². The normalized spacial score (nSPS) is 16.6. The average Bonchev–Trinajstić information content (AvgIpc) is 3.39. The zero-order chi connectivity index (χ0) is 20.7. The van der Waals surface area contributed by atoms with Crippen molar-refractivity contribution in [3.05, 3.63) is 57.4 Å².